The maximum absolute atomic E-state index is 12.2. The van der Waals surface area contributed by atoms with E-state index >= 15 is 0 Å². The third-order valence-corrected chi connectivity index (χ3v) is 2.56. The van der Waals surface area contributed by atoms with Gasteiger partial charge in [-0.25, -0.2) is 0 Å². The first kappa shape index (κ1) is 14.0. The Morgan fingerprint density at radius 2 is 1.82 bits per heavy atom. The molecule has 0 aromatic heterocycles. The molecule has 0 saturated heterocycles. The lowest BCUT2D eigenvalue weighted by molar-refractivity contribution is -0.136. The summed E-state index contributed by atoms with van der Waals surface area (Å²) in [6.07, 6.45) is -3.83. The van der Waals surface area contributed by atoms with Gasteiger partial charge in [-0.05, 0) is 24.9 Å². The molecule has 0 amide bonds. The standard InChI is InChI=1S/C13H18F3N/c1-2-10-17-12(8-9-13(14,15)16)11-6-4-3-5-7-11/h3-7,12,17H,2,8-10H2,1H3. The number of hydrogen-bond acceptors (Lipinski definition) is 1. The van der Waals surface area contributed by atoms with Crippen LogP contribution in [0, 0.1) is 0 Å². The van der Waals surface area contributed by atoms with E-state index in [2.05, 4.69) is 5.32 Å². The van der Waals surface area contributed by atoms with E-state index in [0.29, 0.717) is 0 Å². The number of alkyl halides is 3. The molecule has 0 saturated carbocycles. The Kier molecular flexibility index (Phi) is 5.48. The molecule has 1 aromatic rings. The molecule has 0 aliphatic heterocycles. The smallest absolute Gasteiger partial charge is 0.310 e. The third-order valence-electron chi connectivity index (χ3n) is 2.56. The fraction of sp³-hybridized carbons (Fsp3) is 0.538. The van der Waals surface area contributed by atoms with Crippen molar-refractivity contribution >= 4 is 0 Å². The van der Waals surface area contributed by atoms with E-state index in [-0.39, 0.29) is 12.5 Å². The normalized spacial score (nSPS) is 13.6. The van der Waals surface area contributed by atoms with Crippen molar-refractivity contribution in [3.63, 3.8) is 0 Å². The van der Waals surface area contributed by atoms with Crippen LogP contribution in [0.25, 0.3) is 0 Å². The lowest BCUT2D eigenvalue weighted by Gasteiger charge is -2.19. The molecule has 0 aliphatic carbocycles. The van der Waals surface area contributed by atoms with Gasteiger partial charge in [-0.1, -0.05) is 37.3 Å². The van der Waals surface area contributed by atoms with Crippen LogP contribution in [0.1, 0.15) is 37.8 Å². The molecule has 1 unspecified atom stereocenters. The van der Waals surface area contributed by atoms with Gasteiger partial charge in [0.05, 0.1) is 0 Å². The van der Waals surface area contributed by atoms with E-state index in [4.69, 9.17) is 0 Å². The molecular weight excluding hydrogens is 227 g/mol. The summed E-state index contributed by atoms with van der Waals surface area (Å²) < 4.78 is 36.7. The zero-order chi connectivity index (χ0) is 12.7. The second kappa shape index (κ2) is 6.64. The summed E-state index contributed by atoms with van der Waals surface area (Å²) in [5.41, 5.74) is 0.921. The van der Waals surface area contributed by atoms with Gasteiger partial charge < -0.3 is 5.32 Å². The molecule has 1 N–H and O–H groups in total. The van der Waals surface area contributed by atoms with Gasteiger partial charge in [0.25, 0.3) is 0 Å². The van der Waals surface area contributed by atoms with Crippen LogP contribution in [0.15, 0.2) is 30.3 Å². The Bertz CT molecular complexity index is 308. The second-order valence-corrected chi connectivity index (χ2v) is 4.07. The lowest BCUT2D eigenvalue weighted by Crippen LogP contribution is -2.24. The Labute approximate surface area is 100 Å². The first-order valence-corrected chi connectivity index (χ1v) is 5.88. The highest BCUT2D eigenvalue weighted by Gasteiger charge is 2.28. The first-order chi connectivity index (χ1) is 8.03. The SMILES string of the molecule is CCCNC(CCC(F)(F)F)c1ccccc1. The van der Waals surface area contributed by atoms with Crippen molar-refractivity contribution in [1.29, 1.82) is 0 Å². The van der Waals surface area contributed by atoms with Gasteiger partial charge in [0.15, 0.2) is 0 Å². The maximum Gasteiger partial charge on any atom is 0.389 e. The molecule has 0 heterocycles. The van der Waals surface area contributed by atoms with Crippen molar-refractivity contribution in [2.24, 2.45) is 0 Å². The minimum Gasteiger partial charge on any atom is -0.310 e. The molecule has 0 aliphatic rings. The fourth-order valence-corrected chi connectivity index (χ4v) is 1.70. The summed E-state index contributed by atoms with van der Waals surface area (Å²) in [5.74, 6) is 0. The summed E-state index contributed by atoms with van der Waals surface area (Å²) in [5, 5.41) is 3.16. The van der Waals surface area contributed by atoms with E-state index in [9.17, 15) is 13.2 Å². The molecule has 96 valence electrons. The molecule has 17 heavy (non-hydrogen) atoms. The van der Waals surface area contributed by atoms with E-state index < -0.39 is 12.6 Å². The summed E-state index contributed by atoms with van der Waals surface area (Å²) in [7, 11) is 0. The van der Waals surface area contributed by atoms with Crippen molar-refractivity contribution in [1.82, 2.24) is 5.32 Å². The molecule has 1 atom stereocenters. The summed E-state index contributed by atoms with van der Waals surface area (Å²) in [6, 6.07) is 9.09. The maximum atomic E-state index is 12.2. The van der Waals surface area contributed by atoms with Crippen molar-refractivity contribution in [2.75, 3.05) is 6.54 Å². The molecule has 1 rings (SSSR count). The van der Waals surface area contributed by atoms with Crippen molar-refractivity contribution in [2.45, 2.75) is 38.4 Å². The van der Waals surface area contributed by atoms with Gasteiger partial charge in [0.2, 0.25) is 0 Å². The van der Waals surface area contributed by atoms with Crippen LogP contribution in [0.5, 0.6) is 0 Å². The zero-order valence-electron chi connectivity index (χ0n) is 9.93. The highest BCUT2D eigenvalue weighted by Crippen LogP contribution is 2.27. The minimum atomic E-state index is -4.08. The Balaban J connectivity index is 2.61. The highest BCUT2D eigenvalue weighted by molar-refractivity contribution is 5.18. The van der Waals surface area contributed by atoms with Crippen molar-refractivity contribution < 1.29 is 13.2 Å². The largest absolute Gasteiger partial charge is 0.389 e. The van der Waals surface area contributed by atoms with Crippen LogP contribution < -0.4 is 5.32 Å². The molecular formula is C13H18F3N. The van der Waals surface area contributed by atoms with Gasteiger partial charge in [-0.2, -0.15) is 13.2 Å². The molecule has 4 heteroatoms. The van der Waals surface area contributed by atoms with Crippen LogP contribution in [0.4, 0.5) is 13.2 Å². The average Bonchev–Trinajstić information content (AvgIpc) is 2.29. The van der Waals surface area contributed by atoms with Gasteiger partial charge in [-0.3, -0.25) is 0 Å². The predicted molar refractivity (Wildman–Crippen MR) is 62.8 cm³/mol. The van der Waals surface area contributed by atoms with Gasteiger partial charge in [0, 0.05) is 12.5 Å². The monoisotopic (exact) mass is 245 g/mol. The van der Waals surface area contributed by atoms with E-state index in [1.165, 1.54) is 0 Å². The third kappa shape index (κ3) is 5.73. The zero-order valence-corrected chi connectivity index (χ0v) is 9.93. The number of benzene rings is 1. The molecule has 0 bridgehead atoms. The Hall–Kier alpha value is -1.03. The number of rotatable bonds is 6. The van der Waals surface area contributed by atoms with Gasteiger partial charge >= 0.3 is 6.18 Å². The average molecular weight is 245 g/mol. The van der Waals surface area contributed by atoms with E-state index in [1.807, 2.05) is 37.3 Å². The Morgan fingerprint density at radius 3 is 2.35 bits per heavy atom. The van der Waals surface area contributed by atoms with E-state index in [0.717, 1.165) is 18.5 Å². The Morgan fingerprint density at radius 1 is 1.18 bits per heavy atom. The number of nitrogens with one attached hydrogen (secondary N) is 1. The predicted octanol–water partition coefficient (Wildman–Crippen LogP) is 4.07. The topological polar surface area (TPSA) is 12.0 Å². The van der Waals surface area contributed by atoms with Crippen LogP contribution in [0.3, 0.4) is 0 Å². The summed E-state index contributed by atoms with van der Waals surface area (Å²) in [6.45, 7) is 2.73. The highest BCUT2D eigenvalue weighted by atomic mass is 19.4. The summed E-state index contributed by atoms with van der Waals surface area (Å²) >= 11 is 0. The van der Waals surface area contributed by atoms with Gasteiger partial charge in [0.1, 0.15) is 0 Å². The quantitative estimate of drug-likeness (QED) is 0.796. The minimum absolute atomic E-state index is 0.0908. The van der Waals surface area contributed by atoms with Crippen LogP contribution >= 0.6 is 0 Å². The molecule has 0 spiro atoms. The first-order valence-electron chi connectivity index (χ1n) is 5.88. The lowest BCUT2D eigenvalue weighted by atomic mass is 10.0. The summed E-state index contributed by atoms with van der Waals surface area (Å²) in [4.78, 5) is 0. The van der Waals surface area contributed by atoms with Crippen LogP contribution in [-0.4, -0.2) is 12.7 Å². The van der Waals surface area contributed by atoms with Crippen molar-refractivity contribution in [3.8, 4) is 0 Å². The van der Waals surface area contributed by atoms with Crippen LogP contribution in [-0.2, 0) is 0 Å². The van der Waals surface area contributed by atoms with E-state index in [1.54, 1.807) is 0 Å². The molecule has 0 radical (unpaired) electrons. The van der Waals surface area contributed by atoms with Gasteiger partial charge in [-0.15, -0.1) is 0 Å². The fourth-order valence-electron chi connectivity index (χ4n) is 1.70. The van der Waals surface area contributed by atoms with Crippen LogP contribution in [0.2, 0.25) is 0 Å². The second-order valence-electron chi connectivity index (χ2n) is 4.07. The number of halogens is 3. The molecule has 1 nitrogen and oxygen atoms in total. The molecule has 0 fully saturated rings. The van der Waals surface area contributed by atoms with Crippen molar-refractivity contribution in [3.05, 3.63) is 35.9 Å². The molecule has 1 aromatic carbocycles. The number of hydrogen-bond donors (Lipinski definition) is 1.